The van der Waals surface area contributed by atoms with Crippen LogP contribution in [0.1, 0.15) is 24.5 Å². The highest BCUT2D eigenvalue weighted by molar-refractivity contribution is 5.19. The summed E-state index contributed by atoms with van der Waals surface area (Å²) in [7, 11) is 0. The Morgan fingerprint density at radius 3 is 2.44 bits per heavy atom. The van der Waals surface area contributed by atoms with Crippen LogP contribution < -0.4 is 5.73 Å². The van der Waals surface area contributed by atoms with Gasteiger partial charge in [-0.05, 0) is 49.5 Å². The monoisotopic (exact) mass is 252 g/mol. The number of aliphatic hydroxyl groups excluding tert-OH is 1. The number of likely N-dealkylation sites (tertiary alicyclic amines) is 1. The van der Waals surface area contributed by atoms with Gasteiger partial charge in [-0.2, -0.15) is 0 Å². The Kier molecular flexibility index (Phi) is 4.69. The molecule has 1 unspecified atom stereocenters. The minimum atomic E-state index is -0.481. The molecule has 1 aromatic carbocycles. The number of aliphatic hydroxyl groups is 1. The van der Waals surface area contributed by atoms with Crippen LogP contribution in [0, 0.1) is 11.7 Å². The number of halogens is 1. The van der Waals surface area contributed by atoms with Gasteiger partial charge in [0.15, 0.2) is 0 Å². The molecule has 0 amide bonds. The van der Waals surface area contributed by atoms with Crippen molar-refractivity contribution in [2.45, 2.75) is 18.9 Å². The average Bonchev–Trinajstić information content (AvgIpc) is 2.40. The molecule has 1 atom stereocenters. The summed E-state index contributed by atoms with van der Waals surface area (Å²) in [5.41, 5.74) is 6.35. The number of rotatable bonds is 4. The number of nitrogens with two attached hydrogens (primary N) is 1. The van der Waals surface area contributed by atoms with Crippen molar-refractivity contribution in [2.24, 2.45) is 11.7 Å². The lowest BCUT2D eigenvalue weighted by atomic mass is 9.87. The maximum Gasteiger partial charge on any atom is 0.123 e. The van der Waals surface area contributed by atoms with E-state index in [0.29, 0.717) is 6.54 Å². The van der Waals surface area contributed by atoms with E-state index in [1.807, 2.05) is 0 Å². The number of hydrogen-bond acceptors (Lipinski definition) is 3. The molecule has 1 aliphatic rings. The van der Waals surface area contributed by atoms with Crippen LogP contribution in [0.3, 0.4) is 0 Å². The normalized spacial score (nSPS) is 19.9. The van der Waals surface area contributed by atoms with Gasteiger partial charge >= 0.3 is 0 Å². The number of piperidine rings is 1. The Balaban J connectivity index is 1.91. The molecule has 0 bridgehead atoms. The predicted octanol–water partition coefficient (Wildman–Crippen LogP) is 1.53. The molecule has 4 heteroatoms. The van der Waals surface area contributed by atoms with Crippen LogP contribution in [-0.4, -0.2) is 36.2 Å². The van der Waals surface area contributed by atoms with Crippen LogP contribution >= 0.6 is 0 Å². The van der Waals surface area contributed by atoms with Crippen molar-refractivity contribution >= 4 is 0 Å². The minimum absolute atomic E-state index is 0.260. The van der Waals surface area contributed by atoms with E-state index in [2.05, 4.69) is 4.90 Å². The Hall–Kier alpha value is -0.970. The van der Waals surface area contributed by atoms with Gasteiger partial charge in [-0.1, -0.05) is 12.1 Å². The molecule has 0 aliphatic carbocycles. The van der Waals surface area contributed by atoms with Crippen LogP contribution in [0.5, 0.6) is 0 Å². The highest BCUT2D eigenvalue weighted by Gasteiger charge is 2.25. The maximum absolute atomic E-state index is 12.8. The Labute approximate surface area is 107 Å². The van der Waals surface area contributed by atoms with Gasteiger partial charge in [0, 0.05) is 13.1 Å². The lowest BCUT2D eigenvalue weighted by Gasteiger charge is -2.34. The fraction of sp³-hybridized carbons (Fsp3) is 0.571. The average molecular weight is 252 g/mol. The summed E-state index contributed by atoms with van der Waals surface area (Å²) in [6.45, 7) is 3.59. The van der Waals surface area contributed by atoms with Crippen molar-refractivity contribution in [3.8, 4) is 0 Å². The van der Waals surface area contributed by atoms with E-state index >= 15 is 0 Å². The van der Waals surface area contributed by atoms with Gasteiger partial charge in [0.1, 0.15) is 5.82 Å². The van der Waals surface area contributed by atoms with E-state index in [1.165, 1.54) is 12.1 Å². The first-order valence-electron chi connectivity index (χ1n) is 6.56. The first-order valence-corrected chi connectivity index (χ1v) is 6.56. The van der Waals surface area contributed by atoms with Gasteiger partial charge in [-0.3, -0.25) is 0 Å². The molecule has 0 saturated carbocycles. The molecule has 2 rings (SSSR count). The molecule has 1 aromatic rings. The van der Waals surface area contributed by atoms with Gasteiger partial charge < -0.3 is 15.7 Å². The number of nitrogens with zero attached hydrogens (tertiary/aromatic N) is 1. The van der Waals surface area contributed by atoms with Gasteiger partial charge in [0.2, 0.25) is 0 Å². The Morgan fingerprint density at radius 1 is 1.28 bits per heavy atom. The van der Waals surface area contributed by atoms with E-state index in [0.717, 1.165) is 38.0 Å². The quantitative estimate of drug-likeness (QED) is 0.854. The van der Waals surface area contributed by atoms with E-state index in [1.54, 1.807) is 12.1 Å². The Bertz CT molecular complexity index is 361. The smallest absolute Gasteiger partial charge is 0.123 e. The molecular formula is C14H21FN2O. The molecule has 100 valence electrons. The summed E-state index contributed by atoms with van der Waals surface area (Å²) in [4.78, 5) is 2.33. The molecule has 0 radical (unpaired) electrons. The summed E-state index contributed by atoms with van der Waals surface area (Å²) in [5.74, 6) is 0.00759. The van der Waals surface area contributed by atoms with Gasteiger partial charge in [0.05, 0.1) is 6.10 Å². The molecule has 18 heavy (non-hydrogen) atoms. The molecule has 1 fully saturated rings. The van der Waals surface area contributed by atoms with Crippen molar-refractivity contribution < 1.29 is 9.50 Å². The van der Waals surface area contributed by atoms with Crippen molar-refractivity contribution in [2.75, 3.05) is 26.2 Å². The second-order valence-electron chi connectivity index (χ2n) is 4.96. The maximum atomic E-state index is 12.8. The third kappa shape index (κ3) is 3.28. The largest absolute Gasteiger partial charge is 0.388 e. The molecule has 0 aromatic heterocycles. The molecule has 1 saturated heterocycles. The second kappa shape index (κ2) is 6.27. The highest BCUT2D eigenvalue weighted by Crippen LogP contribution is 2.30. The second-order valence-corrected chi connectivity index (χ2v) is 4.96. The fourth-order valence-electron chi connectivity index (χ4n) is 2.61. The fourth-order valence-corrected chi connectivity index (χ4v) is 2.61. The van der Waals surface area contributed by atoms with Crippen molar-refractivity contribution in [3.63, 3.8) is 0 Å². The first-order chi connectivity index (χ1) is 8.70. The first kappa shape index (κ1) is 13.5. The van der Waals surface area contributed by atoms with Crippen molar-refractivity contribution in [3.05, 3.63) is 35.6 Å². The van der Waals surface area contributed by atoms with Crippen molar-refractivity contribution in [1.29, 1.82) is 0 Å². The van der Waals surface area contributed by atoms with Crippen LogP contribution in [0.25, 0.3) is 0 Å². The third-order valence-electron chi connectivity index (χ3n) is 3.74. The van der Waals surface area contributed by atoms with Gasteiger partial charge in [0.25, 0.3) is 0 Å². The van der Waals surface area contributed by atoms with Crippen LogP contribution in [0.2, 0.25) is 0 Å². The molecule has 0 spiro atoms. The molecule has 1 heterocycles. The zero-order valence-corrected chi connectivity index (χ0v) is 10.6. The molecule has 3 N–H and O–H groups in total. The van der Waals surface area contributed by atoms with E-state index in [-0.39, 0.29) is 11.7 Å². The van der Waals surface area contributed by atoms with Crippen molar-refractivity contribution in [1.82, 2.24) is 4.90 Å². The summed E-state index contributed by atoms with van der Waals surface area (Å²) in [6.07, 6.45) is 1.46. The van der Waals surface area contributed by atoms with Gasteiger partial charge in [-0.25, -0.2) is 4.39 Å². The van der Waals surface area contributed by atoms with E-state index in [4.69, 9.17) is 5.73 Å². The van der Waals surface area contributed by atoms with Crippen LogP contribution in [0.4, 0.5) is 4.39 Å². The molecular weight excluding hydrogens is 231 g/mol. The zero-order chi connectivity index (χ0) is 13.0. The van der Waals surface area contributed by atoms with Crippen LogP contribution in [0.15, 0.2) is 24.3 Å². The summed E-state index contributed by atoms with van der Waals surface area (Å²) < 4.78 is 12.8. The van der Waals surface area contributed by atoms with E-state index in [9.17, 15) is 9.50 Å². The van der Waals surface area contributed by atoms with Gasteiger partial charge in [-0.15, -0.1) is 0 Å². The lowest BCUT2D eigenvalue weighted by Crippen LogP contribution is -2.38. The van der Waals surface area contributed by atoms with E-state index < -0.39 is 6.10 Å². The molecule has 1 aliphatic heterocycles. The Morgan fingerprint density at radius 2 is 1.89 bits per heavy atom. The number of hydrogen-bond donors (Lipinski definition) is 2. The summed E-state index contributed by atoms with van der Waals surface area (Å²) in [5, 5.41) is 10.3. The summed E-state index contributed by atoms with van der Waals surface area (Å²) >= 11 is 0. The minimum Gasteiger partial charge on any atom is -0.388 e. The SMILES string of the molecule is NCCN1CCC(C(O)c2ccc(F)cc2)CC1. The zero-order valence-electron chi connectivity index (χ0n) is 10.6. The molecule has 3 nitrogen and oxygen atoms in total. The summed E-state index contributed by atoms with van der Waals surface area (Å²) in [6, 6.07) is 6.16. The predicted molar refractivity (Wildman–Crippen MR) is 69.6 cm³/mol. The third-order valence-corrected chi connectivity index (χ3v) is 3.74. The highest BCUT2D eigenvalue weighted by atomic mass is 19.1. The lowest BCUT2D eigenvalue weighted by molar-refractivity contribution is 0.0597. The topological polar surface area (TPSA) is 49.5 Å². The standard InChI is InChI=1S/C14H21FN2O/c15-13-3-1-11(2-4-13)14(18)12-5-8-17(9-6-12)10-7-16/h1-4,12,14,18H,5-10,16H2. The number of benzene rings is 1. The van der Waals surface area contributed by atoms with Crippen LogP contribution in [-0.2, 0) is 0 Å².